The molecule has 414 valence electrons. The molecule has 80 heavy (non-hydrogen) atoms. The number of ether oxygens (including phenoxy) is 3. The van der Waals surface area contributed by atoms with Gasteiger partial charge in [0.15, 0.2) is 5.75 Å². The van der Waals surface area contributed by atoms with Gasteiger partial charge in [-0.15, -0.1) is 5.10 Å². The number of β-amino-alcohol motifs (C(OH)–C–C–N with tert-alkyl or cyclic N) is 1. The van der Waals surface area contributed by atoms with Gasteiger partial charge in [-0.05, 0) is 72.9 Å². The van der Waals surface area contributed by atoms with Gasteiger partial charge in [-0.1, -0.05) is 85.3 Å². The van der Waals surface area contributed by atoms with Crippen molar-refractivity contribution in [1.29, 1.82) is 0 Å². The van der Waals surface area contributed by atoms with Crippen LogP contribution in [0.25, 0.3) is 55.4 Å². The molecule has 4 aromatic carbocycles. The number of aliphatic hydroxyl groups excluding tert-OH is 2. The van der Waals surface area contributed by atoms with E-state index in [1.807, 2.05) is 87.5 Å². The minimum Gasteiger partial charge on any atom is -0.486 e. The maximum Gasteiger partial charge on any atom is 0.319 e. The van der Waals surface area contributed by atoms with Crippen LogP contribution in [0, 0.1) is 11.7 Å². The predicted molar refractivity (Wildman–Crippen MR) is 299 cm³/mol. The van der Waals surface area contributed by atoms with Gasteiger partial charge in [0.2, 0.25) is 11.8 Å². The number of aliphatic hydroxyl groups is 2. The summed E-state index contributed by atoms with van der Waals surface area (Å²) in [6, 6.07) is 22.3. The van der Waals surface area contributed by atoms with Crippen molar-refractivity contribution in [1.82, 2.24) is 55.7 Å². The molecule has 0 unspecified atom stereocenters. The number of rotatable bonds is 19. The largest absolute Gasteiger partial charge is 0.486 e. The zero-order chi connectivity index (χ0) is 55.3. The molecule has 4 aliphatic rings. The Bertz CT molecular complexity index is 3580. The summed E-state index contributed by atoms with van der Waals surface area (Å²) in [7, 11) is 1.62. The van der Waals surface area contributed by atoms with Gasteiger partial charge in [0, 0.05) is 90.5 Å². The number of fused-ring (bicyclic) bond motifs is 4. The Kier molecular flexibility index (Phi) is 14.7. The lowest BCUT2D eigenvalue weighted by molar-refractivity contribution is -0.142. The fraction of sp³-hybridized carbons (Fsp3) is 0.390. The van der Waals surface area contributed by atoms with Crippen LogP contribution >= 0.6 is 11.6 Å². The van der Waals surface area contributed by atoms with E-state index in [1.165, 1.54) is 15.6 Å². The van der Waals surface area contributed by atoms with E-state index in [9.17, 15) is 19.8 Å². The molecule has 2 amide bonds. The number of nitrogens with one attached hydrogen (secondary N) is 3. The number of hydrogen-bond acceptors (Lipinski definition) is 15. The summed E-state index contributed by atoms with van der Waals surface area (Å²) in [4.78, 5) is 46.9. The standard InChI is InChI=1S/C59H62ClFN12O7/c1-31(2)54(58(77)72-26-40(75)20-49(72)57(76)65-48(28-74)37-16-14-35(15-17-37)45-7-5-6-18-62-45)73-27-47(69-70-73)36-10-8-33(9-11-36)30-79-55-51(50-43-24-64-68-46(43)22-44(61)52(50)60)41(34-12-13-34)21-42-53(55)66-59(80-29-32(3)78-4)67-56(42)71-25-38-19-39(71)23-63-38/h5-11,14-18,21-22,24,27,31-32,34,38-40,48-49,54,63,74-75H,12-13,19-20,23,25-26,28-30H2,1-4H3,(H,64,68)(H,65,76)/t32-,38-,39-,40+,48-,49-,54-/m0/s1. The first-order valence-electron chi connectivity index (χ1n) is 27.2. The van der Waals surface area contributed by atoms with Gasteiger partial charge in [0.05, 0.1) is 53.5 Å². The highest BCUT2D eigenvalue weighted by Gasteiger charge is 2.44. The maximum atomic E-state index is 16.0. The highest BCUT2D eigenvalue weighted by Crippen LogP contribution is 2.54. The first kappa shape index (κ1) is 53.0. The number of piperazine rings is 1. The van der Waals surface area contributed by atoms with E-state index in [2.05, 4.69) is 47.1 Å². The molecule has 8 aromatic rings. The van der Waals surface area contributed by atoms with Crippen LogP contribution in [0.3, 0.4) is 0 Å². The second-order valence-electron chi connectivity index (χ2n) is 21.8. The molecular formula is C59H62ClFN12O7. The lowest BCUT2D eigenvalue weighted by Crippen LogP contribution is -2.50. The molecule has 12 rings (SSSR count). The number of aromatic amines is 1. The van der Waals surface area contributed by atoms with Crippen LogP contribution < -0.4 is 25.0 Å². The first-order valence-corrected chi connectivity index (χ1v) is 27.6. The molecule has 4 fully saturated rings. The van der Waals surface area contributed by atoms with Crippen LogP contribution in [-0.4, -0.2) is 137 Å². The van der Waals surface area contributed by atoms with Crippen molar-refractivity contribution in [3.63, 3.8) is 0 Å². The lowest BCUT2D eigenvalue weighted by Gasteiger charge is -2.30. The Labute approximate surface area is 465 Å². The molecule has 1 saturated carbocycles. The Morgan fingerprint density at radius 3 is 2.42 bits per heavy atom. The van der Waals surface area contributed by atoms with Crippen LogP contribution in [0.15, 0.2) is 97.5 Å². The van der Waals surface area contributed by atoms with Gasteiger partial charge < -0.3 is 44.9 Å². The van der Waals surface area contributed by atoms with Gasteiger partial charge in [-0.25, -0.2) is 9.07 Å². The molecule has 7 heterocycles. The van der Waals surface area contributed by atoms with Gasteiger partial charge in [0.1, 0.15) is 48.1 Å². The zero-order valence-corrected chi connectivity index (χ0v) is 45.5. The smallest absolute Gasteiger partial charge is 0.319 e. The monoisotopic (exact) mass is 1100 g/mol. The number of nitrogens with zero attached hydrogens (tertiary/aromatic N) is 9. The number of carbonyl (C=O) groups excluding carboxylic acids is 2. The van der Waals surface area contributed by atoms with E-state index in [1.54, 1.807) is 25.7 Å². The SMILES string of the molecule is CO[C@@H](C)COc1nc(N2C[C@@H]3C[C@H]2CN3)c2cc(C3CC3)c(-c3c(Cl)c(F)cc4[nH]ncc34)c(OCc3ccc(-c4cn([C@H](C(=O)N5C[C@H](O)C[C@H]5C(=O)N[C@@H](CO)c5ccc(-c6ccccn6)cc5)C(C)C)nn4)cc3)c2n1. The van der Waals surface area contributed by atoms with Crippen LogP contribution in [-0.2, 0) is 20.9 Å². The second kappa shape index (κ2) is 22.1. The van der Waals surface area contributed by atoms with Gasteiger partial charge in [-0.3, -0.25) is 19.7 Å². The Hall–Kier alpha value is -7.62. The summed E-state index contributed by atoms with van der Waals surface area (Å²) < 4.78 is 36.3. The van der Waals surface area contributed by atoms with E-state index in [-0.39, 0.29) is 67.8 Å². The molecule has 4 aromatic heterocycles. The number of likely N-dealkylation sites (tertiary alicyclic amines) is 1. The second-order valence-corrected chi connectivity index (χ2v) is 22.2. The quantitative estimate of drug-likeness (QED) is 0.0522. The topological polar surface area (TPSA) is 231 Å². The van der Waals surface area contributed by atoms with Crippen molar-refractivity contribution in [2.75, 3.05) is 44.9 Å². The maximum absolute atomic E-state index is 16.0. The van der Waals surface area contributed by atoms with Gasteiger partial charge >= 0.3 is 6.01 Å². The summed E-state index contributed by atoms with van der Waals surface area (Å²) in [5.74, 6) is -0.451. The molecule has 3 aliphatic heterocycles. The molecule has 2 bridgehead atoms. The number of benzene rings is 4. The average Bonchev–Trinajstić information content (AvgIpc) is 3.64. The predicted octanol–water partition coefficient (Wildman–Crippen LogP) is 7.72. The van der Waals surface area contributed by atoms with E-state index in [0.29, 0.717) is 50.6 Å². The van der Waals surface area contributed by atoms with Crippen molar-refractivity contribution in [2.45, 2.75) is 101 Å². The van der Waals surface area contributed by atoms with E-state index < -0.39 is 41.9 Å². The lowest BCUT2D eigenvalue weighted by atomic mass is 9.91. The van der Waals surface area contributed by atoms with Crippen molar-refractivity contribution in [2.24, 2.45) is 5.92 Å². The summed E-state index contributed by atoms with van der Waals surface area (Å²) in [6.45, 7) is 7.14. The average molecular weight is 1110 g/mol. The number of aromatic nitrogens is 8. The highest BCUT2D eigenvalue weighted by atomic mass is 35.5. The number of anilines is 1. The minimum atomic E-state index is -0.992. The molecule has 19 nitrogen and oxygen atoms in total. The van der Waals surface area contributed by atoms with Crippen molar-refractivity contribution < 1.29 is 38.4 Å². The number of carbonyl (C=O) groups is 2. The van der Waals surface area contributed by atoms with Crippen molar-refractivity contribution >= 4 is 51.0 Å². The summed E-state index contributed by atoms with van der Waals surface area (Å²) in [6.07, 6.45) is 6.78. The molecule has 1 aliphatic carbocycles. The fourth-order valence-corrected chi connectivity index (χ4v) is 11.8. The van der Waals surface area contributed by atoms with Crippen LogP contribution in [0.5, 0.6) is 11.8 Å². The molecule has 0 radical (unpaired) electrons. The van der Waals surface area contributed by atoms with Crippen molar-refractivity contribution in [3.8, 4) is 45.4 Å². The molecule has 5 N–H and O–H groups in total. The van der Waals surface area contributed by atoms with Gasteiger partial charge in [-0.2, -0.15) is 15.1 Å². The molecule has 21 heteroatoms. The number of halogens is 2. The summed E-state index contributed by atoms with van der Waals surface area (Å²) >= 11 is 7.03. The summed E-state index contributed by atoms with van der Waals surface area (Å²) in [5.41, 5.74) is 7.43. The third-order valence-corrected chi connectivity index (χ3v) is 16.3. The third kappa shape index (κ3) is 10.3. The molecule has 0 spiro atoms. The van der Waals surface area contributed by atoms with E-state index in [0.717, 1.165) is 71.5 Å². The Morgan fingerprint density at radius 2 is 1.73 bits per heavy atom. The third-order valence-electron chi connectivity index (χ3n) is 16.0. The Balaban J connectivity index is 0.823. The van der Waals surface area contributed by atoms with Crippen LogP contribution in [0.1, 0.15) is 81.1 Å². The number of H-pyrrole nitrogens is 1. The number of amides is 2. The van der Waals surface area contributed by atoms with E-state index >= 15 is 4.39 Å². The molecular weight excluding hydrogens is 1040 g/mol. The van der Waals surface area contributed by atoms with Crippen molar-refractivity contribution in [3.05, 3.63) is 125 Å². The number of pyridine rings is 1. The van der Waals surface area contributed by atoms with Crippen LogP contribution in [0.4, 0.5) is 10.2 Å². The molecule has 7 atom stereocenters. The minimum absolute atomic E-state index is 0.0316. The van der Waals surface area contributed by atoms with Gasteiger partial charge in [0.25, 0.3) is 0 Å². The first-order chi connectivity index (χ1) is 38.8. The number of hydrogen-bond donors (Lipinski definition) is 5. The zero-order valence-electron chi connectivity index (χ0n) is 44.7. The fourth-order valence-electron chi connectivity index (χ4n) is 11.6. The van der Waals surface area contributed by atoms with E-state index in [4.69, 9.17) is 35.8 Å². The number of methoxy groups -OCH3 is 1. The summed E-state index contributed by atoms with van der Waals surface area (Å²) in [5, 5.41) is 45.4. The Morgan fingerprint density at radius 1 is 0.938 bits per heavy atom. The van der Waals surface area contributed by atoms with Crippen LogP contribution in [0.2, 0.25) is 5.02 Å². The normalized spacial score (nSPS) is 20.0. The molecule has 3 saturated heterocycles. The highest BCUT2D eigenvalue weighted by molar-refractivity contribution is 6.35.